The maximum atomic E-state index is 5.64. The molecule has 0 N–H and O–H groups in total. The van der Waals surface area contributed by atoms with Gasteiger partial charge in [-0.15, -0.1) is 10.2 Å². The van der Waals surface area contributed by atoms with Gasteiger partial charge in [0, 0.05) is 11.8 Å². The highest BCUT2D eigenvalue weighted by molar-refractivity contribution is 5.13. The first-order valence-electron chi connectivity index (χ1n) is 5.00. The molecule has 3 heteroatoms. The van der Waals surface area contributed by atoms with Crippen LogP contribution in [0.25, 0.3) is 0 Å². The second-order valence-electron chi connectivity index (χ2n) is 5.00. The lowest BCUT2D eigenvalue weighted by Crippen LogP contribution is -1.89. The highest BCUT2D eigenvalue weighted by Gasteiger charge is 2.50. The molecule has 0 amide bonds. The Balaban J connectivity index is 1.82. The van der Waals surface area contributed by atoms with Crippen LogP contribution in [0.4, 0.5) is 0 Å². The van der Waals surface area contributed by atoms with Gasteiger partial charge in [0.05, 0.1) is 0 Å². The van der Waals surface area contributed by atoms with E-state index in [2.05, 4.69) is 24.0 Å². The lowest BCUT2D eigenvalue weighted by Gasteiger charge is -1.96. The predicted octanol–water partition coefficient (Wildman–Crippen LogP) is 2.46. The fraction of sp³-hybridized carbons (Fsp3) is 0.800. The van der Waals surface area contributed by atoms with Crippen LogP contribution in [-0.4, -0.2) is 10.2 Å². The molecular weight excluding hydrogens is 164 g/mol. The van der Waals surface area contributed by atoms with Crippen molar-refractivity contribution in [1.82, 2.24) is 10.2 Å². The third-order valence-electron chi connectivity index (χ3n) is 3.19. The van der Waals surface area contributed by atoms with E-state index in [1.54, 1.807) is 0 Å². The molecule has 0 bridgehead atoms. The van der Waals surface area contributed by atoms with Crippen molar-refractivity contribution in [2.45, 2.75) is 44.9 Å². The molecule has 0 aromatic carbocycles. The highest BCUT2D eigenvalue weighted by atomic mass is 16.4. The average molecular weight is 178 g/mol. The van der Waals surface area contributed by atoms with Gasteiger partial charge in [0.1, 0.15) is 0 Å². The number of aromatic nitrogens is 2. The van der Waals surface area contributed by atoms with Gasteiger partial charge >= 0.3 is 0 Å². The van der Waals surface area contributed by atoms with Crippen LogP contribution < -0.4 is 0 Å². The molecule has 2 aliphatic carbocycles. The van der Waals surface area contributed by atoms with Crippen molar-refractivity contribution in [3.05, 3.63) is 11.8 Å². The molecule has 1 aromatic rings. The molecule has 70 valence electrons. The summed E-state index contributed by atoms with van der Waals surface area (Å²) in [7, 11) is 0. The molecular formula is C10H14N2O. The van der Waals surface area contributed by atoms with Crippen molar-refractivity contribution in [1.29, 1.82) is 0 Å². The van der Waals surface area contributed by atoms with Crippen LogP contribution in [0.5, 0.6) is 0 Å². The fourth-order valence-electron chi connectivity index (χ4n) is 1.77. The van der Waals surface area contributed by atoms with Gasteiger partial charge in [-0.05, 0) is 24.7 Å². The topological polar surface area (TPSA) is 38.9 Å². The first-order chi connectivity index (χ1) is 6.17. The first-order valence-corrected chi connectivity index (χ1v) is 5.00. The third kappa shape index (κ3) is 1.18. The normalized spacial score (nSPS) is 30.5. The second kappa shape index (κ2) is 2.14. The van der Waals surface area contributed by atoms with Crippen molar-refractivity contribution in [3.8, 4) is 0 Å². The summed E-state index contributed by atoms with van der Waals surface area (Å²) in [4.78, 5) is 0. The Labute approximate surface area is 77.5 Å². The van der Waals surface area contributed by atoms with E-state index in [0.29, 0.717) is 17.3 Å². The molecule has 13 heavy (non-hydrogen) atoms. The van der Waals surface area contributed by atoms with E-state index in [1.807, 2.05) is 0 Å². The minimum atomic E-state index is 0.396. The van der Waals surface area contributed by atoms with E-state index in [1.165, 1.54) is 19.3 Å². The van der Waals surface area contributed by atoms with Gasteiger partial charge in [-0.25, -0.2) is 0 Å². The van der Waals surface area contributed by atoms with Crippen LogP contribution in [0.1, 0.15) is 56.7 Å². The summed E-state index contributed by atoms with van der Waals surface area (Å²) >= 11 is 0. The Bertz CT molecular complexity index is 338. The van der Waals surface area contributed by atoms with Crippen molar-refractivity contribution in [2.75, 3.05) is 0 Å². The van der Waals surface area contributed by atoms with Crippen LogP contribution in [0.2, 0.25) is 0 Å². The number of hydrogen-bond acceptors (Lipinski definition) is 3. The van der Waals surface area contributed by atoms with Crippen LogP contribution in [0.3, 0.4) is 0 Å². The van der Waals surface area contributed by atoms with Gasteiger partial charge < -0.3 is 4.42 Å². The first kappa shape index (κ1) is 7.54. The van der Waals surface area contributed by atoms with E-state index < -0.39 is 0 Å². The summed E-state index contributed by atoms with van der Waals surface area (Å²) in [6, 6.07) is 0. The number of rotatable bonds is 2. The summed E-state index contributed by atoms with van der Waals surface area (Å²) in [6.07, 6.45) is 3.66. The summed E-state index contributed by atoms with van der Waals surface area (Å²) in [5.74, 6) is 2.85. The van der Waals surface area contributed by atoms with Gasteiger partial charge in [0.25, 0.3) is 0 Å². The zero-order valence-corrected chi connectivity index (χ0v) is 8.08. The van der Waals surface area contributed by atoms with E-state index in [0.717, 1.165) is 11.8 Å². The van der Waals surface area contributed by atoms with Gasteiger partial charge in [-0.3, -0.25) is 0 Å². The summed E-state index contributed by atoms with van der Waals surface area (Å²) in [6.45, 7) is 4.50. The Kier molecular flexibility index (Phi) is 1.24. The Hall–Kier alpha value is -0.860. The Morgan fingerprint density at radius 2 is 1.85 bits per heavy atom. The van der Waals surface area contributed by atoms with E-state index in [9.17, 15) is 0 Å². The second-order valence-corrected chi connectivity index (χ2v) is 5.00. The van der Waals surface area contributed by atoms with E-state index in [4.69, 9.17) is 4.42 Å². The standard InChI is InChI=1S/C10H14N2O/c1-10(2)5-7(10)9-12-11-8(13-9)6-3-4-6/h6-7H,3-5H2,1-2H3/t7-/m1/s1. The summed E-state index contributed by atoms with van der Waals surface area (Å²) in [5, 5.41) is 8.21. The minimum absolute atomic E-state index is 0.396. The molecule has 3 nitrogen and oxygen atoms in total. The van der Waals surface area contributed by atoms with Gasteiger partial charge in [-0.1, -0.05) is 13.8 Å². The van der Waals surface area contributed by atoms with Crippen molar-refractivity contribution in [3.63, 3.8) is 0 Å². The molecule has 1 aromatic heterocycles. The lowest BCUT2D eigenvalue weighted by atomic mass is 10.1. The Morgan fingerprint density at radius 1 is 1.23 bits per heavy atom. The van der Waals surface area contributed by atoms with Crippen molar-refractivity contribution >= 4 is 0 Å². The molecule has 0 unspecified atom stereocenters. The predicted molar refractivity (Wildman–Crippen MR) is 47.4 cm³/mol. The molecule has 1 heterocycles. The van der Waals surface area contributed by atoms with Crippen LogP contribution in [-0.2, 0) is 0 Å². The molecule has 0 saturated heterocycles. The van der Waals surface area contributed by atoms with Crippen LogP contribution in [0, 0.1) is 5.41 Å². The zero-order chi connectivity index (χ0) is 9.05. The smallest absolute Gasteiger partial charge is 0.220 e. The monoisotopic (exact) mass is 178 g/mol. The number of hydrogen-bond donors (Lipinski definition) is 0. The van der Waals surface area contributed by atoms with E-state index >= 15 is 0 Å². The minimum Gasteiger partial charge on any atom is -0.425 e. The molecule has 2 saturated carbocycles. The largest absolute Gasteiger partial charge is 0.425 e. The fourth-order valence-corrected chi connectivity index (χ4v) is 1.77. The lowest BCUT2D eigenvalue weighted by molar-refractivity contribution is 0.433. The zero-order valence-electron chi connectivity index (χ0n) is 8.08. The molecule has 0 spiro atoms. The third-order valence-corrected chi connectivity index (χ3v) is 3.19. The number of nitrogens with zero attached hydrogens (tertiary/aromatic N) is 2. The maximum absolute atomic E-state index is 5.64. The van der Waals surface area contributed by atoms with E-state index in [-0.39, 0.29) is 0 Å². The van der Waals surface area contributed by atoms with Gasteiger partial charge in [0.2, 0.25) is 11.8 Å². The molecule has 2 aliphatic rings. The Morgan fingerprint density at radius 3 is 2.38 bits per heavy atom. The van der Waals surface area contributed by atoms with Crippen LogP contribution in [0.15, 0.2) is 4.42 Å². The summed E-state index contributed by atoms with van der Waals surface area (Å²) < 4.78 is 5.64. The molecule has 1 atom stereocenters. The SMILES string of the molecule is CC1(C)C[C@@H]1c1nnc(C2CC2)o1. The molecule has 0 radical (unpaired) electrons. The van der Waals surface area contributed by atoms with Crippen molar-refractivity contribution < 1.29 is 4.42 Å². The quantitative estimate of drug-likeness (QED) is 0.698. The maximum Gasteiger partial charge on any atom is 0.220 e. The molecule has 0 aliphatic heterocycles. The highest BCUT2D eigenvalue weighted by Crippen LogP contribution is 2.58. The summed E-state index contributed by atoms with van der Waals surface area (Å²) in [5.41, 5.74) is 0.396. The van der Waals surface area contributed by atoms with Crippen molar-refractivity contribution in [2.24, 2.45) is 5.41 Å². The molecule has 2 fully saturated rings. The van der Waals surface area contributed by atoms with Crippen LogP contribution >= 0.6 is 0 Å². The molecule has 3 rings (SSSR count). The van der Waals surface area contributed by atoms with Gasteiger partial charge in [0.15, 0.2) is 0 Å². The van der Waals surface area contributed by atoms with Gasteiger partial charge in [-0.2, -0.15) is 0 Å². The average Bonchev–Trinajstić information content (AvgIpc) is 2.95.